The topological polar surface area (TPSA) is 102 Å². The van der Waals surface area contributed by atoms with Crippen LogP contribution in [-0.4, -0.2) is 30.9 Å². The highest BCUT2D eigenvalue weighted by molar-refractivity contribution is 9.10. The van der Waals surface area contributed by atoms with Crippen molar-refractivity contribution in [2.45, 2.75) is 6.61 Å². The van der Waals surface area contributed by atoms with Gasteiger partial charge in [0, 0.05) is 15.1 Å². The van der Waals surface area contributed by atoms with E-state index in [1.807, 2.05) is 6.07 Å². The van der Waals surface area contributed by atoms with Crippen LogP contribution in [0.1, 0.15) is 21.5 Å². The summed E-state index contributed by atoms with van der Waals surface area (Å²) in [5.41, 5.74) is 1.43. The first-order valence-electron chi connectivity index (χ1n) is 10.5. The molecule has 0 atom stereocenters. The van der Waals surface area contributed by atoms with Crippen LogP contribution in [0.4, 0.5) is 10.5 Å². The van der Waals surface area contributed by atoms with E-state index < -0.39 is 23.8 Å². The van der Waals surface area contributed by atoms with E-state index in [0.29, 0.717) is 20.8 Å². The molecule has 0 saturated carbocycles. The summed E-state index contributed by atoms with van der Waals surface area (Å²) in [7, 11) is 1.25. The van der Waals surface area contributed by atoms with Gasteiger partial charge in [-0.15, -0.1) is 0 Å². The van der Waals surface area contributed by atoms with Crippen molar-refractivity contribution in [3.63, 3.8) is 0 Å². The molecule has 0 unspecified atom stereocenters. The van der Waals surface area contributed by atoms with E-state index in [0.717, 1.165) is 10.5 Å². The normalized spacial score (nSPS) is 14.6. The van der Waals surface area contributed by atoms with Gasteiger partial charge < -0.3 is 9.47 Å². The van der Waals surface area contributed by atoms with Gasteiger partial charge in [-0.25, -0.2) is 14.5 Å². The molecule has 0 spiro atoms. The lowest BCUT2D eigenvalue weighted by molar-refractivity contribution is -0.122. The molecule has 182 valence electrons. The third-order valence-electron chi connectivity index (χ3n) is 5.20. The second-order valence-electron chi connectivity index (χ2n) is 7.60. The molecule has 0 radical (unpaired) electrons. The predicted octanol–water partition coefficient (Wildman–Crippen LogP) is 5.13. The van der Waals surface area contributed by atoms with Gasteiger partial charge in [-0.05, 0) is 66.2 Å². The van der Waals surface area contributed by atoms with Crippen molar-refractivity contribution in [2.75, 3.05) is 12.0 Å². The van der Waals surface area contributed by atoms with Gasteiger partial charge in [0.2, 0.25) is 0 Å². The molecule has 10 heteroatoms. The minimum Gasteiger partial charge on any atom is -0.488 e. The molecule has 3 aromatic rings. The number of nitrogens with one attached hydrogen (secondary N) is 1. The smallest absolute Gasteiger partial charge is 0.337 e. The molecule has 1 aliphatic rings. The molecule has 0 bridgehead atoms. The second kappa shape index (κ2) is 10.8. The summed E-state index contributed by atoms with van der Waals surface area (Å²) < 4.78 is 11.3. The number of esters is 1. The third-order valence-corrected chi connectivity index (χ3v) is 5.93. The molecule has 4 amide bonds. The highest BCUT2D eigenvalue weighted by Crippen LogP contribution is 2.29. The summed E-state index contributed by atoms with van der Waals surface area (Å²) >= 11 is 9.43. The molecule has 3 aromatic carbocycles. The van der Waals surface area contributed by atoms with Crippen molar-refractivity contribution >= 4 is 63.1 Å². The van der Waals surface area contributed by atoms with Gasteiger partial charge in [0.25, 0.3) is 11.8 Å². The van der Waals surface area contributed by atoms with Crippen LogP contribution in [0.3, 0.4) is 0 Å². The fourth-order valence-corrected chi connectivity index (χ4v) is 4.05. The highest BCUT2D eigenvalue weighted by Gasteiger charge is 2.37. The number of rotatable bonds is 6. The van der Waals surface area contributed by atoms with Crippen LogP contribution in [0, 0.1) is 0 Å². The summed E-state index contributed by atoms with van der Waals surface area (Å²) in [6.07, 6.45) is 1.36. The van der Waals surface area contributed by atoms with Crippen molar-refractivity contribution in [1.82, 2.24) is 5.32 Å². The Hall–Kier alpha value is -3.95. The standard InChI is InChI=1S/C26H18BrClN2O6/c1-35-25(33)16-5-8-20(9-6-16)30-24(32)21(23(31)29-26(30)34)13-17-12-18(27)7-10-22(17)36-14-15-3-2-4-19(28)11-15/h2-13H,14H2,1H3,(H,29,31,34)/b21-13+. The molecule has 0 aromatic heterocycles. The number of carbonyl (C=O) groups is 4. The predicted molar refractivity (Wildman–Crippen MR) is 137 cm³/mol. The maximum absolute atomic E-state index is 13.3. The number of methoxy groups -OCH3 is 1. The van der Waals surface area contributed by atoms with Crippen LogP contribution < -0.4 is 15.0 Å². The molecule has 1 saturated heterocycles. The fraction of sp³-hybridized carbons (Fsp3) is 0.0769. The van der Waals surface area contributed by atoms with Gasteiger partial charge >= 0.3 is 12.0 Å². The Morgan fingerprint density at radius 3 is 2.50 bits per heavy atom. The third kappa shape index (κ3) is 5.48. The van der Waals surface area contributed by atoms with Crippen LogP contribution >= 0.6 is 27.5 Å². The second-order valence-corrected chi connectivity index (χ2v) is 8.95. The maximum atomic E-state index is 13.3. The molecule has 0 aliphatic carbocycles. The van der Waals surface area contributed by atoms with E-state index in [1.165, 1.54) is 37.5 Å². The van der Waals surface area contributed by atoms with Crippen LogP contribution in [0.15, 0.2) is 76.8 Å². The first-order valence-corrected chi connectivity index (χ1v) is 11.7. The van der Waals surface area contributed by atoms with Gasteiger partial charge in [0.1, 0.15) is 17.9 Å². The molecule has 8 nitrogen and oxygen atoms in total. The Morgan fingerprint density at radius 1 is 1.06 bits per heavy atom. The first-order chi connectivity index (χ1) is 17.3. The number of hydrogen-bond donors (Lipinski definition) is 1. The molecule has 4 rings (SSSR count). The van der Waals surface area contributed by atoms with Crippen molar-refractivity contribution in [1.29, 1.82) is 0 Å². The minimum atomic E-state index is -0.903. The van der Waals surface area contributed by atoms with Crippen molar-refractivity contribution in [3.8, 4) is 5.75 Å². The van der Waals surface area contributed by atoms with E-state index in [1.54, 1.807) is 36.4 Å². The van der Waals surface area contributed by atoms with Gasteiger partial charge in [-0.1, -0.05) is 39.7 Å². The van der Waals surface area contributed by atoms with Crippen molar-refractivity contribution in [2.24, 2.45) is 0 Å². The molecule has 36 heavy (non-hydrogen) atoms. The fourth-order valence-electron chi connectivity index (χ4n) is 3.46. The summed E-state index contributed by atoms with van der Waals surface area (Å²) in [5, 5.41) is 2.75. The van der Waals surface area contributed by atoms with Crippen molar-refractivity contribution in [3.05, 3.63) is 98.5 Å². The Bertz CT molecular complexity index is 1400. The molecule has 1 heterocycles. The van der Waals surface area contributed by atoms with Crippen LogP contribution in [0.2, 0.25) is 5.02 Å². The quantitative estimate of drug-likeness (QED) is 0.251. The first kappa shape index (κ1) is 25.2. The Labute approximate surface area is 219 Å². The number of ether oxygens (including phenoxy) is 2. The number of anilines is 1. The van der Waals surface area contributed by atoms with Gasteiger partial charge in [0.15, 0.2) is 0 Å². The molecule has 1 fully saturated rings. The Balaban J connectivity index is 1.65. The Morgan fingerprint density at radius 2 is 1.81 bits per heavy atom. The zero-order valence-electron chi connectivity index (χ0n) is 18.8. The average Bonchev–Trinajstić information content (AvgIpc) is 2.86. The zero-order valence-corrected chi connectivity index (χ0v) is 21.1. The van der Waals surface area contributed by atoms with E-state index in [-0.39, 0.29) is 23.4 Å². The summed E-state index contributed by atoms with van der Waals surface area (Å²) in [4.78, 5) is 50.9. The van der Waals surface area contributed by atoms with Gasteiger partial charge in [0.05, 0.1) is 18.4 Å². The largest absolute Gasteiger partial charge is 0.488 e. The number of urea groups is 1. The van der Waals surface area contributed by atoms with Crippen molar-refractivity contribution < 1.29 is 28.7 Å². The number of barbiturate groups is 1. The number of amides is 4. The average molecular weight is 570 g/mol. The number of carbonyl (C=O) groups excluding carboxylic acids is 4. The lowest BCUT2D eigenvalue weighted by Gasteiger charge is -2.26. The number of hydrogen-bond acceptors (Lipinski definition) is 6. The summed E-state index contributed by atoms with van der Waals surface area (Å²) in [6.45, 7) is 0.204. The SMILES string of the molecule is COC(=O)c1ccc(N2C(=O)NC(=O)/C(=C\c3cc(Br)ccc3OCc3cccc(Cl)c3)C2=O)cc1. The maximum Gasteiger partial charge on any atom is 0.337 e. The number of imide groups is 2. The lowest BCUT2D eigenvalue weighted by atomic mass is 10.1. The van der Waals surface area contributed by atoms with Crippen LogP contribution in [0.5, 0.6) is 5.75 Å². The van der Waals surface area contributed by atoms with Gasteiger partial charge in [-0.2, -0.15) is 0 Å². The van der Waals surface area contributed by atoms with Gasteiger partial charge in [-0.3, -0.25) is 14.9 Å². The molecule has 1 aliphatic heterocycles. The van der Waals surface area contributed by atoms with Crippen LogP contribution in [0.25, 0.3) is 6.08 Å². The van der Waals surface area contributed by atoms with E-state index in [2.05, 4.69) is 26.0 Å². The Kier molecular flexibility index (Phi) is 7.52. The summed E-state index contributed by atoms with van der Waals surface area (Å²) in [5.74, 6) is -1.81. The molecular formula is C26H18BrClN2O6. The van der Waals surface area contributed by atoms with Crippen LogP contribution in [-0.2, 0) is 20.9 Å². The van der Waals surface area contributed by atoms with E-state index in [4.69, 9.17) is 16.3 Å². The monoisotopic (exact) mass is 568 g/mol. The lowest BCUT2D eigenvalue weighted by Crippen LogP contribution is -2.54. The van der Waals surface area contributed by atoms with E-state index in [9.17, 15) is 19.2 Å². The number of nitrogens with zero attached hydrogens (tertiary/aromatic N) is 1. The number of halogens is 2. The highest BCUT2D eigenvalue weighted by atomic mass is 79.9. The zero-order chi connectivity index (χ0) is 25.8. The molecule has 1 N–H and O–H groups in total. The molecular weight excluding hydrogens is 552 g/mol. The summed E-state index contributed by atoms with van der Waals surface area (Å²) in [6, 6.07) is 17.1. The minimum absolute atomic E-state index is 0.176. The number of benzene rings is 3. The van der Waals surface area contributed by atoms with E-state index >= 15 is 0 Å².